The van der Waals surface area contributed by atoms with E-state index in [1.165, 1.54) is 0 Å². The summed E-state index contributed by atoms with van der Waals surface area (Å²) in [6.45, 7) is 5.20. The molecular formula is C25H33N7O2. The quantitative estimate of drug-likeness (QED) is 0.622. The van der Waals surface area contributed by atoms with Gasteiger partial charge in [-0.2, -0.15) is 0 Å². The SMILES string of the molecule is O=C1NC[C@@H](CCC(=O)N2CCN(c3ccccn3)CC2)N2C[C@@H](NCc3ccccn3)C[C@@H]12. The summed E-state index contributed by atoms with van der Waals surface area (Å²) in [5.41, 5.74) is 1.00. The van der Waals surface area contributed by atoms with Gasteiger partial charge in [-0.3, -0.25) is 19.5 Å². The lowest BCUT2D eigenvalue weighted by Gasteiger charge is -2.38. The van der Waals surface area contributed by atoms with E-state index in [0.717, 1.165) is 57.1 Å². The lowest BCUT2D eigenvalue weighted by atomic mass is 10.0. The Kier molecular flexibility index (Phi) is 7.01. The fraction of sp³-hybridized carbons (Fsp3) is 0.520. The molecule has 9 nitrogen and oxygen atoms in total. The molecule has 0 aromatic carbocycles. The smallest absolute Gasteiger partial charge is 0.237 e. The third-order valence-corrected chi connectivity index (χ3v) is 7.22. The summed E-state index contributed by atoms with van der Waals surface area (Å²) in [6, 6.07) is 12.2. The van der Waals surface area contributed by atoms with Crippen LogP contribution in [0.3, 0.4) is 0 Å². The molecule has 3 aliphatic heterocycles. The van der Waals surface area contributed by atoms with E-state index in [4.69, 9.17) is 0 Å². The summed E-state index contributed by atoms with van der Waals surface area (Å²) in [5.74, 6) is 1.28. The molecule has 2 aromatic heterocycles. The van der Waals surface area contributed by atoms with Gasteiger partial charge in [0.2, 0.25) is 11.8 Å². The van der Waals surface area contributed by atoms with Gasteiger partial charge in [-0.1, -0.05) is 12.1 Å². The minimum absolute atomic E-state index is 0.107. The Morgan fingerprint density at radius 1 is 1.06 bits per heavy atom. The molecule has 2 amide bonds. The van der Waals surface area contributed by atoms with Crippen LogP contribution in [0.2, 0.25) is 0 Å². The number of rotatable bonds is 7. The van der Waals surface area contributed by atoms with Gasteiger partial charge in [0.15, 0.2) is 0 Å². The molecule has 2 aromatic rings. The molecule has 0 saturated carbocycles. The van der Waals surface area contributed by atoms with Crippen molar-refractivity contribution in [3.8, 4) is 0 Å². The highest BCUT2D eigenvalue weighted by molar-refractivity contribution is 5.83. The lowest BCUT2D eigenvalue weighted by molar-refractivity contribution is -0.132. The average Bonchev–Trinajstić information content (AvgIpc) is 3.34. The van der Waals surface area contributed by atoms with Gasteiger partial charge in [0.1, 0.15) is 5.82 Å². The van der Waals surface area contributed by atoms with Crippen LogP contribution in [0.15, 0.2) is 48.8 Å². The number of amides is 2. The molecule has 0 spiro atoms. The van der Waals surface area contributed by atoms with E-state index < -0.39 is 0 Å². The lowest BCUT2D eigenvalue weighted by Crippen LogP contribution is -2.58. The molecule has 5 rings (SSSR count). The first kappa shape index (κ1) is 22.7. The van der Waals surface area contributed by atoms with E-state index in [1.54, 1.807) is 12.4 Å². The van der Waals surface area contributed by atoms with Crippen molar-refractivity contribution in [3.63, 3.8) is 0 Å². The Hall–Kier alpha value is -3.04. The van der Waals surface area contributed by atoms with E-state index in [9.17, 15) is 9.59 Å². The standard InChI is InChI=1S/C25H33N7O2/c33-24(31-13-11-30(12-14-31)23-6-2-4-10-27-23)8-7-21-17-29-25(34)22-15-20(18-32(21)22)28-16-19-5-1-3-9-26-19/h1-6,9-10,20-22,28H,7-8,11-18H2,(H,29,34)/t20-,21+,22-/m0/s1. The van der Waals surface area contributed by atoms with Crippen LogP contribution in [0.4, 0.5) is 5.82 Å². The normalized spacial score (nSPS) is 25.2. The van der Waals surface area contributed by atoms with E-state index in [0.29, 0.717) is 19.5 Å². The van der Waals surface area contributed by atoms with Gasteiger partial charge < -0.3 is 20.4 Å². The second-order valence-corrected chi connectivity index (χ2v) is 9.34. The molecular weight excluding hydrogens is 430 g/mol. The molecule has 180 valence electrons. The van der Waals surface area contributed by atoms with E-state index in [2.05, 4.69) is 30.4 Å². The van der Waals surface area contributed by atoms with E-state index in [-0.39, 0.29) is 29.9 Å². The highest BCUT2D eigenvalue weighted by atomic mass is 16.2. The summed E-state index contributed by atoms with van der Waals surface area (Å²) >= 11 is 0. The molecule has 3 aliphatic rings. The van der Waals surface area contributed by atoms with Gasteiger partial charge in [-0.15, -0.1) is 0 Å². The van der Waals surface area contributed by atoms with Crippen LogP contribution in [0.5, 0.6) is 0 Å². The molecule has 0 bridgehead atoms. The largest absolute Gasteiger partial charge is 0.353 e. The van der Waals surface area contributed by atoms with Gasteiger partial charge in [0.05, 0.1) is 11.7 Å². The molecule has 9 heteroatoms. The maximum atomic E-state index is 12.9. The Morgan fingerprint density at radius 2 is 1.85 bits per heavy atom. The number of pyridine rings is 2. The summed E-state index contributed by atoms with van der Waals surface area (Å²) < 4.78 is 0. The Morgan fingerprint density at radius 3 is 2.59 bits per heavy atom. The number of aromatic nitrogens is 2. The maximum absolute atomic E-state index is 12.9. The van der Waals surface area contributed by atoms with Crippen molar-refractivity contribution in [2.75, 3.05) is 44.2 Å². The molecule has 34 heavy (non-hydrogen) atoms. The first-order valence-corrected chi connectivity index (χ1v) is 12.3. The van der Waals surface area contributed by atoms with Gasteiger partial charge in [-0.25, -0.2) is 4.98 Å². The third kappa shape index (κ3) is 5.20. The molecule has 3 atom stereocenters. The van der Waals surface area contributed by atoms with Gasteiger partial charge in [0.25, 0.3) is 0 Å². The summed E-state index contributed by atoms with van der Waals surface area (Å²) in [6.07, 6.45) is 5.68. The first-order chi connectivity index (χ1) is 16.7. The maximum Gasteiger partial charge on any atom is 0.237 e. The van der Waals surface area contributed by atoms with Crippen LogP contribution < -0.4 is 15.5 Å². The van der Waals surface area contributed by atoms with Gasteiger partial charge >= 0.3 is 0 Å². The second-order valence-electron chi connectivity index (χ2n) is 9.34. The number of fused-ring (bicyclic) bond motifs is 1. The van der Waals surface area contributed by atoms with E-state index in [1.807, 2.05) is 41.3 Å². The van der Waals surface area contributed by atoms with Crippen LogP contribution in [-0.4, -0.2) is 89.0 Å². The molecule has 5 heterocycles. The summed E-state index contributed by atoms with van der Waals surface area (Å²) in [7, 11) is 0. The Bertz CT molecular complexity index is 966. The van der Waals surface area contributed by atoms with Crippen LogP contribution in [0, 0.1) is 0 Å². The van der Waals surface area contributed by atoms with Crippen LogP contribution >= 0.6 is 0 Å². The zero-order chi connectivity index (χ0) is 23.3. The van der Waals surface area contributed by atoms with E-state index >= 15 is 0 Å². The molecule has 3 saturated heterocycles. The van der Waals surface area contributed by atoms with Crippen molar-refractivity contribution >= 4 is 17.6 Å². The molecule has 0 radical (unpaired) electrons. The monoisotopic (exact) mass is 463 g/mol. The number of hydrogen-bond acceptors (Lipinski definition) is 7. The van der Waals surface area contributed by atoms with Crippen molar-refractivity contribution in [2.45, 2.75) is 43.9 Å². The number of carbonyl (C=O) groups excluding carboxylic acids is 2. The average molecular weight is 464 g/mol. The fourth-order valence-electron chi connectivity index (χ4n) is 5.32. The number of nitrogens with one attached hydrogen (secondary N) is 2. The van der Waals surface area contributed by atoms with Crippen LogP contribution in [0.1, 0.15) is 25.0 Å². The summed E-state index contributed by atoms with van der Waals surface area (Å²) in [4.78, 5) is 40.7. The fourth-order valence-corrected chi connectivity index (χ4v) is 5.32. The van der Waals surface area contributed by atoms with Crippen LogP contribution in [-0.2, 0) is 16.1 Å². The predicted octanol–water partition coefficient (Wildman–Crippen LogP) is 0.637. The Labute approximate surface area is 200 Å². The Balaban J connectivity index is 1.10. The number of piperazine rings is 2. The molecule has 3 fully saturated rings. The predicted molar refractivity (Wildman–Crippen MR) is 129 cm³/mol. The highest BCUT2D eigenvalue weighted by Gasteiger charge is 2.43. The second kappa shape index (κ2) is 10.5. The number of carbonyl (C=O) groups is 2. The minimum Gasteiger partial charge on any atom is -0.353 e. The van der Waals surface area contributed by atoms with Crippen molar-refractivity contribution < 1.29 is 9.59 Å². The van der Waals surface area contributed by atoms with Crippen molar-refractivity contribution in [1.82, 2.24) is 30.4 Å². The van der Waals surface area contributed by atoms with Crippen molar-refractivity contribution in [3.05, 3.63) is 54.5 Å². The number of hydrogen-bond donors (Lipinski definition) is 2. The summed E-state index contributed by atoms with van der Waals surface area (Å²) in [5, 5.41) is 6.63. The molecule has 0 unspecified atom stereocenters. The van der Waals surface area contributed by atoms with Gasteiger partial charge in [0, 0.05) is 76.7 Å². The topological polar surface area (TPSA) is 93.7 Å². The zero-order valence-electron chi connectivity index (χ0n) is 19.5. The minimum atomic E-state index is -0.114. The molecule has 2 N–H and O–H groups in total. The zero-order valence-corrected chi connectivity index (χ0v) is 19.5. The van der Waals surface area contributed by atoms with Crippen molar-refractivity contribution in [1.29, 1.82) is 0 Å². The number of anilines is 1. The van der Waals surface area contributed by atoms with Gasteiger partial charge in [-0.05, 0) is 37.1 Å². The van der Waals surface area contributed by atoms with Crippen LogP contribution in [0.25, 0.3) is 0 Å². The number of nitrogens with zero attached hydrogens (tertiary/aromatic N) is 5. The first-order valence-electron chi connectivity index (χ1n) is 12.3. The van der Waals surface area contributed by atoms with Crippen molar-refractivity contribution in [2.24, 2.45) is 0 Å². The highest BCUT2D eigenvalue weighted by Crippen LogP contribution is 2.26. The molecule has 0 aliphatic carbocycles. The third-order valence-electron chi connectivity index (χ3n) is 7.22.